The van der Waals surface area contributed by atoms with Crippen LogP contribution in [0.3, 0.4) is 0 Å². The molecule has 0 bridgehead atoms. The van der Waals surface area contributed by atoms with Crippen LogP contribution in [0, 0.1) is 55.7 Å². The Labute approximate surface area is 734 Å². The number of aromatic hydroxyl groups is 3. The average Bonchev–Trinajstić information content (AvgIpc) is 1.71. The molecule has 129 heavy (non-hydrogen) atoms. The van der Waals surface area contributed by atoms with Gasteiger partial charge < -0.3 is 58.9 Å². The van der Waals surface area contributed by atoms with Crippen LogP contribution in [0.5, 0.6) is 34.5 Å². The molecule has 12 aromatic rings. The van der Waals surface area contributed by atoms with Gasteiger partial charge in [0.1, 0.15) is 105 Å². The van der Waals surface area contributed by atoms with Gasteiger partial charge in [0.15, 0.2) is 51.6 Å². The molecule has 0 saturated carbocycles. The Kier molecular flexibility index (Phi) is 23.3. The van der Waals surface area contributed by atoms with Crippen molar-refractivity contribution in [2.24, 2.45) is 0 Å². The van der Waals surface area contributed by atoms with Crippen molar-refractivity contribution in [2.45, 2.75) is 137 Å². The molecule has 6 aliphatic rings. The van der Waals surface area contributed by atoms with Gasteiger partial charge in [-0.15, -0.1) is 0 Å². The van der Waals surface area contributed by atoms with E-state index in [9.17, 15) is 44.1 Å². The van der Waals surface area contributed by atoms with Gasteiger partial charge in [0.25, 0.3) is 0 Å². The summed E-state index contributed by atoms with van der Waals surface area (Å²) in [7, 11) is 0. The maximum Gasteiger partial charge on any atom is 0.355 e. The van der Waals surface area contributed by atoms with Gasteiger partial charge >= 0.3 is 17.1 Å². The summed E-state index contributed by atoms with van der Waals surface area (Å²) in [5.74, 6) is -8.87. The van der Waals surface area contributed by atoms with E-state index < -0.39 is 121 Å². The Bertz CT molecular complexity index is 6200. The third-order valence-electron chi connectivity index (χ3n) is 24.0. The number of ether oxygens (including phenoxy) is 3. The van der Waals surface area contributed by atoms with E-state index in [2.05, 4.69) is 64.6 Å². The molecule has 0 radical (unpaired) electrons. The maximum absolute atomic E-state index is 16.5. The van der Waals surface area contributed by atoms with Crippen molar-refractivity contribution in [3.63, 3.8) is 0 Å². The number of fused-ring (bicyclic) bond motifs is 6. The first-order valence-corrected chi connectivity index (χ1v) is 41.9. The summed E-state index contributed by atoms with van der Waals surface area (Å²) >= 11 is 0. The number of pyridine rings is 6. The molecular formula is C93H90F6N18O12. The number of aromatic nitrogens is 12. The number of aryl methyl sites for hydroxylation is 3. The van der Waals surface area contributed by atoms with Crippen molar-refractivity contribution in [2.75, 3.05) is 73.8 Å². The topological polar surface area (TPSA) is 341 Å². The maximum atomic E-state index is 16.5. The minimum atomic E-state index is -1.01. The Morgan fingerprint density at radius 3 is 0.891 bits per heavy atom. The largest absolute Gasteiger partial charge is 0.507 e. The minimum absolute atomic E-state index is 0.0282. The summed E-state index contributed by atoms with van der Waals surface area (Å²) in [6, 6.07) is 13.5. The van der Waals surface area contributed by atoms with E-state index in [0.717, 1.165) is 18.2 Å². The lowest BCUT2D eigenvalue weighted by Crippen LogP contribution is -2.61. The summed E-state index contributed by atoms with van der Waals surface area (Å²) in [6.07, 6.45) is 8.59. The molecule has 3 amide bonds. The summed E-state index contributed by atoms with van der Waals surface area (Å²) in [5, 5.41) is 32.2. The Morgan fingerprint density at radius 1 is 0.403 bits per heavy atom. The fourth-order valence-electron chi connectivity index (χ4n) is 18.3. The second-order valence-electron chi connectivity index (χ2n) is 33.5. The van der Waals surface area contributed by atoms with Crippen LogP contribution in [0.25, 0.3) is 83.9 Å². The van der Waals surface area contributed by atoms with E-state index in [1.54, 1.807) is 51.5 Å². The summed E-state index contributed by atoms with van der Waals surface area (Å²) in [5.41, 5.74) is -0.0664. The first kappa shape index (κ1) is 87.8. The third-order valence-corrected chi connectivity index (χ3v) is 24.0. The highest BCUT2D eigenvalue weighted by Gasteiger charge is 2.46. The molecule has 15 heterocycles. The fourth-order valence-corrected chi connectivity index (χ4v) is 18.3. The monoisotopic (exact) mass is 1760 g/mol. The molecule has 36 heteroatoms. The van der Waals surface area contributed by atoms with Crippen molar-refractivity contribution in [3.05, 3.63) is 229 Å². The number of hydrogen-bond acceptors (Lipinski definition) is 24. The lowest BCUT2D eigenvalue weighted by molar-refractivity contribution is -0.128. The molecule has 0 aliphatic carbocycles. The molecule has 9 aromatic heterocycles. The van der Waals surface area contributed by atoms with Gasteiger partial charge in [-0.25, -0.2) is 69.4 Å². The molecule has 3 aromatic carbocycles. The number of phenolic OH excluding ortho intramolecular Hbond substituents is 3. The molecule has 0 unspecified atom stereocenters. The Balaban J connectivity index is 0.000000142. The van der Waals surface area contributed by atoms with Gasteiger partial charge in [0.2, 0.25) is 17.7 Å². The number of amides is 3. The molecule has 3 saturated heterocycles. The molecule has 3 fully saturated rings. The quantitative estimate of drug-likeness (QED) is 0.0755. The van der Waals surface area contributed by atoms with Gasteiger partial charge in [0, 0.05) is 76.0 Å². The van der Waals surface area contributed by atoms with E-state index in [1.807, 2.05) is 97.8 Å². The molecule has 6 atom stereocenters. The number of nitrogens with zero attached hydrogens (tertiary/aromatic N) is 18. The highest BCUT2D eigenvalue weighted by atomic mass is 19.1. The van der Waals surface area contributed by atoms with E-state index in [1.165, 1.54) is 68.3 Å². The second kappa shape index (κ2) is 34.3. The third kappa shape index (κ3) is 15.0. The zero-order valence-electron chi connectivity index (χ0n) is 72.4. The fraction of sp³-hybridized carbons (Fsp3) is 0.323. The van der Waals surface area contributed by atoms with Gasteiger partial charge in [-0.3, -0.25) is 29.3 Å². The Morgan fingerprint density at radius 2 is 0.659 bits per heavy atom. The predicted molar refractivity (Wildman–Crippen MR) is 470 cm³/mol. The number of hydrogen-bond donors (Lipinski definition) is 3. The molecule has 3 N–H and O–H groups in total. The Hall–Kier alpha value is -14.6. The minimum Gasteiger partial charge on any atom is -0.507 e. The molecule has 18 rings (SSSR count). The van der Waals surface area contributed by atoms with Crippen LogP contribution in [0.4, 0.5) is 43.8 Å². The van der Waals surface area contributed by atoms with Crippen molar-refractivity contribution < 1.29 is 70.3 Å². The number of anilines is 3. The van der Waals surface area contributed by atoms with Crippen molar-refractivity contribution in [3.8, 4) is 85.3 Å². The van der Waals surface area contributed by atoms with Crippen molar-refractivity contribution in [1.29, 1.82) is 0 Å². The van der Waals surface area contributed by atoms with Gasteiger partial charge in [-0.2, -0.15) is 15.0 Å². The summed E-state index contributed by atoms with van der Waals surface area (Å²) in [6.45, 7) is 34.7. The van der Waals surface area contributed by atoms with Gasteiger partial charge in [0.05, 0.1) is 69.0 Å². The SMILES string of the molecule is C=CC(=O)N1C[C@@H]2COc3c(F)c(-c4c(O)cccc4F)nc4c3c(nc(=O)n4-c3c(C)ccnc3C(C)C)N2[C@@H](C)C1.C=CC(=O)N1C[C@@H]2COc3c(F)c(-c4c(O)cccc4F)nc4c3c(nc(=O)n4-c3c(C)ccnc3C(C)C)N2[C@@H](C)C1.C=CC(=O)N1C[C@@H]2COc3c(F)c(-c4c(O)cccc4F)nc4c3c(nc(=O)n4-c3c(C)ccnc3C(C)C)N2[C@@H](C)C1. The van der Waals surface area contributed by atoms with Crippen LogP contribution in [-0.4, -0.2) is 202 Å². The van der Waals surface area contributed by atoms with Crippen LogP contribution >= 0.6 is 0 Å². The van der Waals surface area contributed by atoms with Crippen LogP contribution < -0.4 is 46.0 Å². The van der Waals surface area contributed by atoms with Gasteiger partial charge in [-0.1, -0.05) is 79.5 Å². The number of carbonyl (C=O) groups is 3. The number of rotatable bonds is 12. The standard InChI is InChI=1S/3C31H30F2N6O4/c3*1-6-21(41)37-12-17(5)38-18(13-37)14-43-28-23-29(35-26(24(28)33)22-19(32)8-7-9-20(22)40)39(31(42)36-30(23)38)27-16(4)10-11-34-25(27)15(2)3/h3*6-11,15,17-18,40H,1,12-14H2,2-5H3/t3*17-,18+/m000/s1. The first-order valence-electron chi connectivity index (χ1n) is 41.9. The normalized spacial score (nSPS) is 17.9. The lowest BCUT2D eigenvalue weighted by atomic mass is 10.0. The molecule has 0 spiro atoms. The molecule has 30 nitrogen and oxygen atoms in total. The lowest BCUT2D eigenvalue weighted by Gasteiger charge is -2.45. The summed E-state index contributed by atoms with van der Waals surface area (Å²) in [4.78, 5) is 131. The van der Waals surface area contributed by atoms with Crippen LogP contribution in [0.2, 0.25) is 0 Å². The summed E-state index contributed by atoms with van der Waals surface area (Å²) < 4.78 is 117. The number of phenols is 3. The molecule has 666 valence electrons. The van der Waals surface area contributed by atoms with Crippen LogP contribution in [-0.2, 0) is 14.4 Å². The smallest absolute Gasteiger partial charge is 0.355 e. The average molecular weight is 1770 g/mol. The second-order valence-corrected chi connectivity index (χ2v) is 33.5. The van der Waals surface area contributed by atoms with Crippen LogP contribution in [0.15, 0.2) is 144 Å². The zero-order chi connectivity index (χ0) is 92.2. The zero-order valence-corrected chi connectivity index (χ0v) is 72.4. The number of halogens is 6. The molecular weight excluding hydrogens is 1680 g/mol. The first-order chi connectivity index (χ1) is 61.6. The highest BCUT2D eigenvalue weighted by Crippen LogP contribution is 2.50. The number of piperazine rings is 3. The van der Waals surface area contributed by atoms with E-state index in [-0.39, 0.29) is 161 Å². The van der Waals surface area contributed by atoms with Crippen molar-refractivity contribution >= 4 is 68.3 Å². The van der Waals surface area contributed by atoms with E-state index in [0.29, 0.717) is 70.5 Å². The predicted octanol–water partition coefficient (Wildman–Crippen LogP) is 12.7. The number of benzene rings is 3. The van der Waals surface area contributed by atoms with Gasteiger partial charge in [-0.05, 0) is 149 Å². The molecule has 6 aliphatic heterocycles. The highest BCUT2D eigenvalue weighted by molar-refractivity contribution is 6.01. The van der Waals surface area contributed by atoms with Crippen molar-refractivity contribution in [1.82, 2.24) is 73.3 Å². The van der Waals surface area contributed by atoms with E-state index >= 15 is 26.3 Å². The number of carbonyl (C=O) groups excluding carboxylic acids is 3. The van der Waals surface area contributed by atoms with Crippen LogP contribution in [0.1, 0.15) is 114 Å². The van der Waals surface area contributed by atoms with E-state index in [4.69, 9.17) is 14.2 Å².